The van der Waals surface area contributed by atoms with Crippen LogP contribution in [-0.2, 0) is 16.0 Å². The molecule has 1 aliphatic heterocycles. The minimum atomic E-state index is -3.96. The number of hydrogen-bond donors (Lipinski definition) is 2. The summed E-state index contributed by atoms with van der Waals surface area (Å²) in [5.41, 5.74) is 1.07. The number of pyridine rings is 1. The van der Waals surface area contributed by atoms with E-state index in [0.717, 1.165) is 23.5 Å². The molecule has 1 aromatic carbocycles. The van der Waals surface area contributed by atoms with Crippen molar-refractivity contribution in [3.63, 3.8) is 0 Å². The van der Waals surface area contributed by atoms with Crippen LogP contribution in [0.4, 0.5) is 20.3 Å². The second-order valence-electron chi connectivity index (χ2n) is 8.19. The topological polar surface area (TPSA) is 121 Å². The molecule has 2 aromatic heterocycles. The maximum absolute atomic E-state index is 14.1. The molecule has 0 amide bonds. The van der Waals surface area contributed by atoms with Crippen molar-refractivity contribution >= 4 is 33.5 Å². The average molecular weight is 553 g/mol. The van der Waals surface area contributed by atoms with E-state index in [1.54, 1.807) is 19.3 Å². The van der Waals surface area contributed by atoms with Crippen LogP contribution in [-0.4, -0.2) is 71.7 Å². The zero-order chi connectivity index (χ0) is 26.4. The number of thioether (sulfide) groups is 1. The van der Waals surface area contributed by atoms with Gasteiger partial charge in [-0.15, -0.1) is 0 Å². The van der Waals surface area contributed by atoms with Crippen LogP contribution >= 0.6 is 11.8 Å². The number of rotatable bonds is 10. The molecule has 10 nitrogen and oxygen atoms in total. The highest BCUT2D eigenvalue weighted by Crippen LogP contribution is 2.27. The Labute approximate surface area is 217 Å². The number of aromatic nitrogens is 3. The van der Waals surface area contributed by atoms with Gasteiger partial charge in [0.2, 0.25) is 5.88 Å². The van der Waals surface area contributed by atoms with Crippen molar-refractivity contribution in [3.05, 3.63) is 66.0 Å². The summed E-state index contributed by atoms with van der Waals surface area (Å²) in [6, 6.07) is 8.90. The summed E-state index contributed by atoms with van der Waals surface area (Å²) >= 11 is 0.987. The number of ether oxygens (including phenoxy) is 1. The lowest BCUT2D eigenvalue weighted by atomic mass is 10.2. The van der Waals surface area contributed by atoms with Crippen molar-refractivity contribution in [2.75, 3.05) is 42.4 Å². The number of hydrogen-bond acceptors (Lipinski definition) is 9. The maximum Gasteiger partial charge on any atom is 0.302 e. The summed E-state index contributed by atoms with van der Waals surface area (Å²) < 4.78 is 63.2. The van der Waals surface area contributed by atoms with Gasteiger partial charge in [0.05, 0.1) is 6.61 Å². The molecule has 37 heavy (non-hydrogen) atoms. The zero-order valence-electron chi connectivity index (χ0n) is 19.9. The van der Waals surface area contributed by atoms with Crippen molar-refractivity contribution in [1.82, 2.24) is 19.3 Å². The molecule has 198 valence electrons. The molecular weight excluding hydrogens is 526 g/mol. The maximum atomic E-state index is 14.1. The molecule has 0 bridgehead atoms. The minimum Gasteiger partial charge on any atom is -0.472 e. The quantitative estimate of drug-likeness (QED) is 0.289. The fourth-order valence-corrected chi connectivity index (χ4v) is 5.53. The first-order chi connectivity index (χ1) is 17.7. The van der Waals surface area contributed by atoms with Crippen molar-refractivity contribution in [3.8, 4) is 5.88 Å². The third-order valence-corrected chi connectivity index (χ3v) is 7.90. The number of aliphatic hydroxyl groups is 1. The van der Waals surface area contributed by atoms with Gasteiger partial charge in [-0.25, -0.2) is 13.8 Å². The van der Waals surface area contributed by atoms with Gasteiger partial charge >= 0.3 is 10.2 Å². The Balaban J connectivity index is 1.48. The molecule has 14 heteroatoms. The molecule has 1 unspecified atom stereocenters. The van der Waals surface area contributed by atoms with Crippen molar-refractivity contribution in [2.45, 2.75) is 23.9 Å². The standard InChI is InChI=1S/C23H26F2N6O4S2/c1-16(14-32)35-21-13-20(27-23(28-21)36-15-17-3-2-4-19(24)22(17)25)29-37(33,34)31-11-9-30(10-12-31)18-5-7-26-8-6-18/h2-8,13,16,32H,9-12,14-15H2,1H3,(H,27,28,29). The first kappa shape index (κ1) is 27.0. The number of aliphatic hydroxyl groups excluding tert-OH is 1. The highest BCUT2D eigenvalue weighted by atomic mass is 32.2. The van der Waals surface area contributed by atoms with Crippen LogP contribution in [0, 0.1) is 11.6 Å². The van der Waals surface area contributed by atoms with E-state index in [4.69, 9.17) is 4.74 Å². The second-order valence-corrected chi connectivity index (χ2v) is 10.8. The van der Waals surface area contributed by atoms with E-state index in [1.807, 2.05) is 12.1 Å². The zero-order valence-corrected chi connectivity index (χ0v) is 21.6. The SMILES string of the molecule is CC(CO)Oc1cc(NS(=O)(=O)N2CCN(c3ccncc3)CC2)nc(SCc2cccc(F)c2F)n1. The highest BCUT2D eigenvalue weighted by molar-refractivity contribution is 7.98. The van der Waals surface area contributed by atoms with Crippen molar-refractivity contribution < 1.29 is 27.0 Å². The predicted octanol–water partition coefficient (Wildman–Crippen LogP) is 2.68. The molecule has 3 heterocycles. The van der Waals surface area contributed by atoms with Gasteiger partial charge < -0.3 is 14.7 Å². The van der Waals surface area contributed by atoms with Crippen LogP contribution in [0.25, 0.3) is 0 Å². The Kier molecular flexibility index (Phi) is 8.74. The Hall–Kier alpha value is -3.07. The van der Waals surface area contributed by atoms with Gasteiger partial charge in [0.15, 0.2) is 16.8 Å². The summed E-state index contributed by atoms with van der Waals surface area (Å²) in [5.74, 6) is -1.95. The van der Waals surface area contributed by atoms with Crippen LogP contribution in [0.5, 0.6) is 5.88 Å². The van der Waals surface area contributed by atoms with E-state index in [0.29, 0.717) is 13.1 Å². The number of anilines is 2. The molecule has 2 N–H and O–H groups in total. The summed E-state index contributed by atoms with van der Waals surface area (Å²) in [6.07, 6.45) is 2.76. The summed E-state index contributed by atoms with van der Waals surface area (Å²) in [6.45, 7) is 2.84. The Morgan fingerprint density at radius 3 is 2.57 bits per heavy atom. The van der Waals surface area contributed by atoms with Crippen LogP contribution in [0.2, 0.25) is 0 Å². The van der Waals surface area contributed by atoms with E-state index < -0.39 is 27.9 Å². The van der Waals surface area contributed by atoms with Gasteiger partial charge in [0.25, 0.3) is 0 Å². The second kappa shape index (κ2) is 12.0. The van der Waals surface area contributed by atoms with Crippen molar-refractivity contribution in [2.24, 2.45) is 0 Å². The lowest BCUT2D eigenvalue weighted by molar-refractivity contribution is 0.124. The first-order valence-electron chi connectivity index (χ1n) is 11.4. The molecule has 0 radical (unpaired) electrons. The van der Waals surface area contributed by atoms with Gasteiger partial charge in [0.1, 0.15) is 11.9 Å². The molecule has 3 aromatic rings. The number of nitrogens with one attached hydrogen (secondary N) is 1. The van der Waals surface area contributed by atoms with Gasteiger partial charge in [-0.2, -0.15) is 17.7 Å². The van der Waals surface area contributed by atoms with Gasteiger partial charge in [0, 0.05) is 61.6 Å². The number of nitrogens with zero attached hydrogens (tertiary/aromatic N) is 5. The van der Waals surface area contributed by atoms with E-state index in [-0.39, 0.29) is 47.9 Å². The smallest absolute Gasteiger partial charge is 0.302 e. The Morgan fingerprint density at radius 2 is 1.86 bits per heavy atom. The van der Waals surface area contributed by atoms with Crippen LogP contribution < -0.4 is 14.4 Å². The summed E-state index contributed by atoms with van der Waals surface area (Å²) in [4.78, 5) is 14.5. The number of piperazine rings is 1. The molecule has 0 saturated carbocycles. The largest absolute Gasteiger partial charge is 0.472 e. The molecule has 1 aliphatic rings. The third-order valence-electron chi connectivity index (χ3n) is 5.49. The fourth-order valence-electron chi connectivity index (χ4n) is 3.56. The van der Waals surface area contributed by atoms with Crippen LogP contribution in [0.1, 0.15) is 12.5 Å². The molecular formula is C23H26F2N6O4S2. The van der Waals surface area contributed by atoms with Crippen molar-refractivity contribution in [1.29, 1.82) is 0 Å². The molecule has 0 aliphatic carbocycles. The third kappa shape index (κ3) is 7.03. The molecule has 4 rings (SSSR count). The Bertz CT molecular complexity index is 1310. The first-order valence-corrected chi connectivity index (χ1v) is 13.8. The average Bonchev–Trinajstić information content (AvgIpc) is 2.89. The van der Waals surface area contributed by atoms with E-state index in [2.05, 4.69) is 24.6 Å². The van der Waals surface area contributed by atoms with Gasteiger partial charge in [-0.05, 0) is 25.1 Å². The van der Waals surface area contributed by atoms with E-state index in [9.17, 15) is 22.3 Å². The molecule has 1 saturated heterocycles. The molecule has 1 atom stereocenters. The Morgan fingerprint density at radius 1 is 1.14 bits per heavy atom. The number of halogens is 2. The van der Waals surface area contributed by atoms with Gasteiger partial charge in [-0.3, -0.25) is 9.71 Å². The summed E-state index contributed by atoms with van der Waals surface area (Å²) in [5, 5.41) is 9.42. The fraction of sp³-hybridized carbons (Fsp3) is 0.348. The normalized spacial score (nSPS) is 15.4. The summed E-state index contributed by atoms with van der Waals surface area (Å²) in [7, 11) is -3.96. The van der Waals surface area contributed by atoms with Crippen LogP contribution in [0.15, 0.2) is 53.9 Å². The van der Waals surface area contributed by atoms with E-state index in [1.165, 1.54) is 22.5 Å². The highest BCUT2D eigenvalue weighted by Gasteiger charge is 2.28. The lowest BCUT2D eigenvalue weighted by Crippen LogP contribution is -2.50. The lowest BCUT2D eigenvalue weighted by Gasteiger charge is -2.35. The molecule has 1 fully saturated rings. The monoisotopic (exact) mass is 552 g/mol. The number of benzene rings is 1. The molecule has 0 spiro atoms. The minimum absolute atomic E-state index is 0.00571. The predicted molar refractivity (Wildman–Crippen MR) is 136 cm³/mol. The van der Waals surface area contributed by atoms with E-state index >= 15 is 0 Å². The van der Waals surface area contributed by atoms with Gasteiger partial charge in [-0.1, -0.05) is 23.9 Å². The van der Waals surface area contributed by atoms with Crippen LogP contribution in [0.3, 0.4) is 0 Å².